The van der Waals surface area contributed by atoms with Crippen molar-refractivity contribution in [2.75, 3.05) is 11.2 Å². The maximum Gasteiger partial charge on any atom is 0.325 e. The zero-order valence-corrected chi connectivity index (χ0v) is 10.5. The topological polar surface area (TPSA) is 58.2 Å². The summed E-state index contributed by atoms with van der Waals surface area (Å²) in [7, 11) is 0. The Morgan fingerprint density at radius 2 is 2.06 bits per heavy atom. The fourth-order valence-corrected chi connectivity index (χ4v) is 1.36. The van der Waals surface area contributed by atoms with Crippen LogP contribution in [0.5, 0.6) is 0 Å². The third-order valence-electron chi connectivity index (χ3n) is 2.19. The van der Waals surface area contributed by atoms with Crippen LogP contribution in [0.3, 0.4) is 0 Å². The maximum absolute atomic E-state index is 11.4. The molecule has 0 bridgehead atoms. The number of urea groups is 1. The highest BCUT2D eigenvalue weighted by Crippen LogP contribution is 2.18. The van der Waals surface area contributed by atoms with Gasteiger partial charge in [0.05, 0.1) is 0 Å². The number of benzene rings is 1. The Labute approximate surface area is 105 Å². The third-order valence-corrected chi connectivity index (χ3v) is 2.43. The zero-order chi connectivity index (χ0) is 12.8. The van der Waals surface area contributed by atoms with Crippen molar-refractivity contribution in [1.82, 2.24) is 5.32 Å². The first-order valence-electron chi connectivity index (χ1n) is 5.29. The van der Waals surface area contributed by atoms with Gasteiger partial charge in [0.1, 0.15) is 5.88 Å². The molecule has 0 aliphatic rings. The van der Waals surface area contributed by atoms with Crippen molar-refractivity contribution in [2.24, 2.45) is 0 Å². The molecule has 0 fully saturated rings. The molecule has 0 heterocycles. The summed E-state index contributed by atoms with van der Waals surface area (Å²) in [6, 6.07) is 6.90. The van der Waals surface area contributed by atoms with Crippen LogP contribution >= 0.6 is 11.6 Å². The fourth-order valence-electron chi connectivity index (χ4n) is 1.30. The maximum atomic E-state index is 11.4. The van der Waals surface area contributed by atoms with Gasteiger partial charge in [-0.2, -0.15) is 0 Å². The summed E-state index contributed by atoms with van der Waals surface area (Å²) in [5.74, 6) is -0.382. The minimum absolute atomic E-state index is 0.237. The molecule has 1 aromatic rings. The predicted molar refractivity (Wildman–Crippen MR) is 68.4 cm³/mol. The van der Waals surface area contributed by atoms with Crippen LogP contribution in [0.15, 0.2) is 24.3 Å². The summed E-state index contributed by atoms with van der Waals surface area (Å²) >= 11 is 5.27. The molecule has 0 radical (unpaired) electrons. The number of hydrogen-bond acceptors (Lipinski definition) is 2. The van der Waals surface area contributed by atoms with Crippen LogP contribution in [-0.4, -0.2) is 17.8 Å². The molecule has 0 spiro atoms. The van der Waals surface area contributed by atoms with Crippen LogP contribution in [0, 0.1) is 0 Å². The summed E-state index contributed by atoms with van der Waals surface area (Å²) in [4.78, 5) is 22.2. The Morgan fingerprint density at radius 1 is 1.35 bits per heavy atom. The molecule has 4 nitrogen and oxygen atoms in total. The summed E-state index contributed by atoms with van der Waals surface area (Å²) in [6.07, 6.45) is 0. The second-order valence-corrected chi connectivity index (χ2v) is 4.18. The number of hydrogen-bond donors (Lipinski definition) is 2. The SMILES string of the molecule is CC(C)c1cccc(NC(=O)NC(=O)CCl)c1. The average Bonchev–Trinajstić information content (AvgIpc) is 2.28. The zero-order valence-electron chi connectivity index (χ0n) is 9.79. The van der Waals surface area contributed by atoms with E-state index >= 15 is 0 Å². The summed E-state index contributed by atoms with van der Waals surface area (Å²) in [5.41, 5.74) is 1.77. The van der Waals surface area contributed by atoms with E-state index in [-0.39, 0.29) is 5.88 Å². The summed E-state index contributed by atoms with van der Waals surface area (Å²) < 4.78 is 0. The number of carbonyl (C=O) groups excluding carboxylic acids is 2. The van der Waals surface area contributed by atoms with Crippen LogP contribution in [-0.2, 0) is 4.79 Å². The van der Waals surface area contributed by atoms with Gasteiger partial charge in [-0.15, -0.1) is 11.6 Å². The molecule has 0 saturated heterocycles. The lowest BCUT2D eigenvalue weighted by Gasteiger charge is -2.09. The van der Waals surface area contributed by atoms with Crippen LogP contribution < -0.4 is 10.6 Å². The number of alkyl halides is 1. The van der Waals surface area contributed by atoms with E-state index in [9.17, 15) is 9.59 Å². The first kappa shape index (κ1) is 13.5. The number of carbonyl (C=O) groups is 2. The van der Waals surface area contributed by atoms with Crippen molar-refractivity contribution in [1.29, 1.82) is 0 Å². The van der Waals surface area contributed by atoms with Gasteiger partial charge >= 0.3 is 6.03 Å². The molecular formula is C12H15ClN2O2. The van der Waals surface area contributed by atoms with Crippen molar-refractivity contribution >= 4 is 29.2 Å². The van der Waals surface area contributed by atoms with Crippen LogP contribution in [0.1, 0.15) is 25.3 Å². The van der Waals surface area contributed by atoms with Gasteiger partial charge in [-0.3, -0.25) is 10.1 Å². The monoisotopic (exact) mass is 254 g/mol. The molecule has 1 rings (SSSR count). The number of nitrogens with one attached hydrogen (secondary N) is 2. The second-order valence-electron chi connectivity index (χ2n) is 3.92. The molecular weight excluding hydrogens is 240 g/mol. The lowest BCUT2D eigenvalue weighted by molar-refractivity contribution is -0.117. The summed E-state index contributed by atoms with van der Waals surface area (Å²) in [6.45, 7) is 4.13. The fraction of sp³-hybridized carbons (Fsp3) is 0.333. The lowest BCUT2D eigenvalue weighted by Crippen LogP contribution is -2.35. The second kappa shape index (κ2) is 6.25. The van der Waals surface area contributed by atoms with E-state index < -0.39 is 11.9 Å². The minimum Gasteiger partial charge on any atom is -0.308 e. The van der Waals surface area contributed by atoms with Crippen molar-refractivity contribution in [2.45, 2.75) is 19.8 Å². The molecule has 3 amide bonds. The molecule has 0 aliphatic carbocycles. The van der Waals surface area contributed by atoms with E-state index in [0.29, 0.717) is 11.6 Å². The van der Waals surface area contributed by atoms with E-state index in [1.165, 1.54) is 0 Å². The van der Waals surface area contributed by atoms with Crippen molar-refractivity contribution in [3.63, 3.8) is 0 Å². The van der Waals surface area contributed by atoms with Gasteiger partial charge in [0.25, 0.3) is 0 Å². The molecule has 2 N–H and O–H groups in total. The van der Waals surface area contributed by atoms with Crippen molar-refractivity contribution in [3.8, 4) is 0 Å². The highest BCUT2D eigenvalue weighted by atomic mass is 35.5. The van der Waals surface area contributed by atoms with E-state index in [1.54, 1.807) is 6.07 Å². The predicted octanol–water partition coefficient (Wildman–Crippen LogP) is 2.70. The van der Waals surface area contributed by atoms with Gasteiger partial charge in [0.2, 0.25) is 5.91 Å². The number of imide groups is 1. The molecule has 1 aromatic carbocycles. The van der Waals surface area contributed by atoms with E-state index in [0.717, 1.165) is 5.56 Å². The first-order chi connectivity index (χ1) is 8.02. The van der Waals surface area contributed by atoms with E-state index in [1.807, 2.05) is 18.2 Å². The van der Waals surface area contributed by atoms with Crippen LogP contribution in [0.4, 0.5) is 10.5 Å². The number of amides is 3. The molecule has 5 heteroatoms. The van der Waals surface area contributed by atoms with Crippen LogP contribution in [0.2, 0.25) is 0 Å². The van der Waals surface area contributed by atoms with Crippen molar-refractivity contribution < 1.29 is 9.59 Å². The van der Waals surface area contributed by atoms with Gasteiger partial charge in [0, 0.05) is 5.69 Å². The Hall–Kier alpha value is -1.55. The van der Waals surface area contributed by atoms with Gasteiger partial charge in [-0.1, -0.05) is 26.0 Å². The lowest BCUT2D eigenvalue weighted by atomic mass is 10.0. The van der Waals surface area contributed by atoms with Crippen LogP contribution in [0.25, 0.3) is 0 Å². The quantitative estimate of drug-likeness (QED) is 0.815. The number of halogens is 1. The molecule has 0 aliphatic heterocycles. The van der Waals surface area contributed by atoms with Gasteiger partial charge in [-0.05, 0) is 23.6 Å². The minimum atomic E-state index is -0.573. The highest BCUT2D eigenvalue weighted by molar-refractivity contribution is 6.28. The standard InChI is InChI=1S/C12H15ClN2O2/c1-8(2)9-4-3-5-10(6-9)14-12(17)15-11(16)7-13/h3-6,8H,7H2,1-2H3,(H2,14,15,16,17). The Bertz CT molecular complexity index is 419. The Kier molecular flexibility index (Phi) is 4.97. The molecule has 92 valence electrons. The van der Waals surface area contributed by atoms with Gasteiger partial charge < -0.3 is 5.32 Å². The van der Waals surface area contributed by atoms with E-state index in [2.05, 4.69) is 24.5 Å². The Morgan fingerprint density at radius 3 is 2.65 bits per heavy atom. The van der Waals surface area contributed by atoms with Gasteiger partial charge in [0.15, 0.2) is 0 Å². The Balaban J connectivity index is 2.65. The third kappa shape index (κ3) is 4.44. The molecule has 0 saturated carbocycles. The molecule has 0 atom stereocenters. The van der Waals surface area contributed by atoms with E-state index in [4.69, 9.17) is 11.6 Å². The van der Waals surface area contributed by atoms with Gasteiger partial charge in [-0.25, -0.2) is 4.79 Å². The largest absolute Gasteiger partial charge is 0.325 e. The molecule has 0 aromatic heterocycles. The van der Waals surface area contributed by atoms with Crippen molar-refractivity contribution in [3.05, 3.63) is 29.8 Å². The number of anilines is 1. The smallest absolute Gasteiger partial charge is 0.308 e. The summed E-state index contributed by atoms with van der Waals surface area (Å²) in [5, 5.41) is 4.68. The first-order valence-corrected chi connectivity index (χ1v) is 5.83. The highest BCUT2D eigenvalue weighted by Gasteiger charge is 2.07. The average molecular weight is 255 g/mol. The normalized spacial score (nSPS) is 10.1. The molecule has 17 heavy (non-hydrogen) atoms. The number of rotatable bonds is 3. The molecule has 0 unspecified atom stereocenters.